The molecule has 3 rings (SSSR count). The molecule has 146 valence electrons. The highest BCUT2D eigenvalue weighted by atomic mass is 15.2. The van der Waals surface area contributed by atoms with Gasteiger partial charge in [0.15, 0.2) is 0 Å². The maximum atomic E-state index is 5.75. The molecule has 2 heterocycles. The molecule has 0 bridgehead atoms. The zero-order valence-corrected chi connectivity index (χ0v) is 17.0. The SMILES string of the molecule is C/C=C1/C(NCCN)=CC(N2CCCc3ccccc3C2)=NC1C(C)CC. The summed E-state index contributed by atoms with van der Waals surface area (Å²) >= 11 is 0. The Morgan fingerprint density at radius 1 is 1.33 bits per heavy atom. The molecule has 3 N–H and O–H groups in total. The van der Waals surface area contributed by atoms with Gasteiger partial charge < -0.3 is 16.0 Å². The standard InChI is InChI=1S/C23H34N4/c1-4-17(3)23-20(5-2)21(25-13-12-24)15-22(26-23)27-14-8-11-18-9-6-7-10-19(18)16-27/h5-7,9-10,15,17,23,25H,4,8,11-14,16,24H2,1-3H3/b20-5-. The molecule has 4 heteroatoms. The van der Waals surface area contributed by atoms with E-state index >= 15 is 0 Å². The Morgan fingerprint density at radius 3 is 2.81 bits per heavy atom. The van der Waals surface area contributed by atoms with E-state index in [1.54, 1.807) is 0 Å². The van der Waals surface area contributed by atoms with Crippen molar-refractivity contribution in [1.82, 2.24) is 10.2 Å². The molecule has 0 radical (unpaired) electrons. The third-order valence-electron chi connectivity index (χ3n) is 5.81. The number of hydrogen-bond acceptors (Lipinski definition) is 4. The molecule has 0 saturated heterocycles. The van der Waals surface area contributed by atoms with Crippen LogP contribution in [0.1, 0.15) is 44.7 Å². The van der Waals surface area contributed by atoms with Gasteiger partial charge in [0.05, 0.1) is 6.04 Å². The molecule has 2 unspecified atom stereocenters. The van der Waals surface area contributed by atoms with Crippen molar-refractivity contribution >= 4 is 5.84 Å². The molecule has 27 heavy (non-hydrogen) atoms. The third kappa shape index (κ3) is 4.44. The third-order valence-corrected chi connectivity index (χ3v) is 5.81. The van der Waals surface area contributed by atoms with Gasteiger partial charge in [-0.25, -0.2) is 0 Å². The largest absolute Gasteiger partial charge is 0.383 e. The van der Waals surface area contributed by atoms with E-state index in [1.165, 1.54) is 28.8 Å². The Labute approximate surface area is 164 Å². The summed E-state index contributed by atoms with van der Waals surface area (Å²) in [6.45, 7) is 10.1. The van der Waals surface area contributed by atoms with Crippen molar-refractivity contribution in [3.8, 4) is 0 Å². The average Bonchev–Trinajstić information content (AvgIpc) is 2.93. The summed E-state index contributed by atoms with van der Waals surface area (Å²) in [7, 11) is 0. The molecule has 0 fully saturated rings. The fourth-order valence-corrected chi connectivity index (χ4v) is 4.03. The second-order valence-electron chi connectivity index (χ2n) is 7.63. The van der Waals surface area contributed by atoms with Crippen molar-refractivity contribution in [2.75, 3.05) is 19.6 Å². The number of amidine groups is 1. The van der Waals surface area contributed by atoms with Crippen molar-refractivity contribution in [2.45, 2.75) is 52.6 Å². The number of rotatable bonds is 5. The Bertz CT molecular complexity index is 732. The van der Waals surface area contributed by atoms with Crippen LogP contribution in [-0.4, -0.2) is 36.4 Å². The summed E-state index contributed by atoms with van der Waals surface area (Å²) in [5.41, 5.74) is 11.2. The zero-order chi connectivity index (χ0) is 19.2. The number of fused-ring (bicyclic) bond motifs is 1. The minimum Gasteiger partial charge on any atom is -0.383 e. The Balaban J connectivity index is 1.94. The second-order valence-corrected chi connectivity index (χ2v) is 7.63. The highest BCUT2D eigenvalue weighted by Crippen LogP contribution is 2.29. The van der Waals surface area contributed by atoms with Crippen molar-refractivity contribution < 1.29 is 0 Å². The lowest BCUT2D eigenvalue weighted by Crippen LogP contribution is -2.38. The van der Waals surface area contributed by atoms with E-state index in [1.807, 2.05) is 0 Å². The number of benzene rings is 1. The lowest BCUT2D eigenvalue weighted by molar-refractivity contribution is 0.405. The molecule has 0 aliphatic carbocycles. The predicted octanol–water partition coefficient (Wildman–Crippen LogP) is 3.64. The van der Waals surface area contributed by atoms with E-state index in [4.69, 9.17) is 10.7 Å². The highest BCUT2D eigenvalue weighted by Gasteiger charge is 2.28. The molecule has 0 aromatic heterocycles. The van der Waals surface area contributed by atoms with E-state index in [0.717, 1.165) is 38.3 Å². The summed E-state index contributed by atoms with van der Waals surface area (Å²) in [4.78, 5) is 7.68. The molecule has 0 spiro atoms. The van der Waals surface area contributed by atoms with Crippen LogP contribution in [0.3, 0.4) is 0 Å². The van der Waals surface area contributed by atoms with Gasteiger partial charge in [0.25, 0.3) is 0 Å². The number of aliphatic imine (C=N–C) groups is 1. The maximum Gasteiger partial charge on any atom is 0.126 e. The van der Waals surface area contributed by atoms with Crippen molar-refractivity contribution in [1.29, 1.82) is 0 Å². The lowest BCUT2D eigenvalue weighted by Gasteiger charge is -2.33. The van der Waals surface area contributed by atoms with Gasteiger partial charge in [-0.3, -0.25) is 4.99 Å². The number of nitrogens with two attached hydrogens (primary N) is 1. The van der Waals surface area contributed by atoms with E-state index in [2.05, 4.69) is 67.4 Å². The van der Waals surface area contributed by atoms with Crippen LogP contribution < -0.4 is 11.1 Å². The zero-order valence-electron chi connectivity index (χ0n) is 17.0. The second kappa shape index (κ2) is 9.23. The smallest absolute Gasteiger partial charge is 0.126 e. The Morgan fingerprint density at radius 2 is 2.11 bits per heavy atom. The topological polar surface area (TPSA) is 53.6 Å². The van der Waals surface area contributed by atoms with Crippen LogP contribution in [0.4, 0.5) is 0 Å². The fourth-order valence-electron chi connectivity index (χ4n) is 4.03. The van der Waals surface area contributed by atoms with Gasteiger partial charge in [0.1, 0.15) is 5.84 Å². The number of allylic oxidation sites excluding steroid dienone is 1. The molecule has 1 aromatic rings. The number of hydrogen-bond donors (Lipinski definition) is 2. The average molecular weight is 367 g/mol. The molecule has 4 nitrogen and oxygen atoms in total. The van der Waals surface area contributed by atoms with Gasteiger partial charge >= 0.3 is 0 Å². The number of aryl methyl sites for hydroxylation is 1. The van der Waals surface area contributed by atoms with Gasteiger partial charge in [-0.15, -0.1) is 0 Å². The predicted molar refractivity (Wildman–Crippen MR) is 115 cm³/mol. The molecule has 1 aromatic carbocycles. The molecule has 0 amide bonds. The van der Waals surface area contributed by atoms with Crippen LogP contribution in [0, 0.1) is 5.92 Å². The number of dihydropyridines is 1. The number of nitrogens with zero attached hydrogens (tertiary/aromatic N) is 2. The summed E-state index contributed by atoms with van der Waals surface area (Å²) in [5, 5.41) is 3.55. The quantitative estimate of drug-likeness (QED) is 0.836. The Kier molecular flexibility index (Phi) is 6.73. The van der Waals surface area contributed by atoms with Crippen LogP contribution in [0.2, 0.25) is 0 Å². The first-order valence-corrected chi connectivity index (χ1v) is 10.4. The first-order valence-electron chi connectivity index (χ1n) is 10.4. The minimum atomic E-state index is 0.207. The van der Waals surface area contributed by atoms with Gasteiger partial charge in [0, 0.05) is 38.0 Å². The van der Waals surface area contributed by atoms with Crippen LogP contribution in [0.15, 0.2) is 52.7 Å². The first kappa shape index (κ1) is 19.7. The van der Waals surface area contributed by atoms with Gasteiger partial charge in [-0.1, -0.05) is 50.6 Å². The Hall–Kier alpha value is -2.07. The van der Waals surface area contributed by atoms with Crippen LogP contribution in [0.25, 0.3) is 0 Å². The van der Waals surface area contributed by atoms with Crippen molar-refractivity contribution in [3.05, 3.63) is 58.8 Å². The lowest BCUT2D eigenvalue weighted by atomic mass is 9.88. The maximum absolute atomic E-state index is 5.75. The molecular formula is C23H34N4. The van der Waals surface area contributed by atoms with Crippen LogP contribution in [0.5, 0.6) is 0 Å². The molecule has 0 saturated carbocycles. The van der Waals surface area contributed by atoms with Crippen LogP contribution >= 0.6 is 0 Å². The summed E-state index contributed by atoms with van der Waals surface area (Å²) in [6.07, 6.45) is 7.88. The van der Waals surface area contributed by atoms with Gasteiger partial charge in [-0.2, -0.15) is 0 Å². The normalized spacial score (nSPS) is 22.6. The summed E-state index contributed by atoms with van der Waals surface area (Å²) in [6, 6.07) is 9.04. The van der Waals surface area contributed by atoms with E-state index in [9.17, 15) is 0 Å². The minimum absolute atomic E-state index is 0.207. The van der Waals surface area contributed by atoms with Gasteiger partial charge in [-0.05, 0) is 42.4 Å². The van der Waals surface area contributed by atoms with Crippen molar-refractivity contribution in [2.24, 2.45) is 16.6 Å². The monoisotopic (exact) mass is 366 g/mol. The molecular weight excluding hydrogens is 332 g/mol. The van der Waals surface area contributed by atoms with E-state index < -0.39 is 0 Å². The van der Waals surface area contributed by atoms with E-state index in [0.29, 0.717) is 12.5 Å². The molecule has 2 aliphatic rings. The van der Waals surface area contributed by atoms with Crippen molar-refractivity contribution in [3.63, 3.8) is 0 Å². The summed E-state index contributed by atoms with van der Waals surface area (Å²) < 4.78 is 0. The molecule has 2 aliphatic heterocycles. The van der Waals surface area contributed by atoms with Crippen LogP contribution in [-0.2, 0) is 13.0 Å². The van der Waals surface area contributed by atoms with Gasteiger partial charge in [0.2, 0.25) is 0 Å². The summed E-state index contributed by atoms with van der Waals surface area (Å²) in [5.74, 6) is 1.62. The number of nitrogens with one attached hydrogen (secondary N) is 1. The highest BCUT2D eigenvalue weighted by molar-refractivity contribution is 5.95. The van der Waals surface area contributed by atoms with E-state index in [-0.39, 0.29) is 6.04 Å². The molecule has 2 atom stereocenters. The first-order chi connectivity index (χ1) is 13.2. The fraction of sp³-hybridized carbons (Fsp3) is 0.522.